The second-order valence-electron chi connectivity index (χ2n) is 9.43. The number of likely N-dealkylation sites (tertiary alicyclic amines) is 1. The van der Waals surface area contributed by atoms with E-state index in [4.69, 9.17) is 0 Å². The number of hydrogen-bond acceptors (Lipinski definition) is 3. The van der Waals surface area contributed by atoms with Gasteiger partial charge in [-0.1, -0.05) is 57.2 Å². The van der Waals surface area contributed by atoms with E-state index >= 15 is 0 Å². The minimum Gasteiger partial charge on any atom is -0.325 e. The molecule has 5 heteroatoms. The van der Waals surface area contributed by atoms with Crippen LogP contribution in [0.1, 0.15) is 63.1 Å². The summed E-state index contributed by atoms with van der Waals surface area (Å²) in [6.07, 6.45) is 2.30. The SMILES string of the molecule is CC(C)(C)c1ccc(C2(C(=O)Nc3ccc(CN4C(=O)CCC4=O)cc3)CC2)cc1. The highest BCUT2D eigenvalue weighted by atomic mass is 16.2. The van der Waals surface area contributed by atoms with Gasteiger partial charge in [-0.25, -0.2) is 0 Å². The first-order valence-electron chi connectivity index (χ1n) is 10.5. The van der Waals surface area contributed by atoms with Gasteiger partial charge in [-0.2, -0.15) is 0 Å². The van der Waals surface area contributed by atoms with Gasteiger partial charge in [0.25, 0.3) is 0 Å². The first-order valence-corrected chi connectivity index (χ1v) is 10.5. The fourth-order valence-electron chi connectivity index (χ4n) is 3.99. The van der Waals surface area contributed by atoms with Crippen molar-refractivity contribution in [1.29, 1.82) is 0 Å². The van der Waals surface area contributed by atoms with E-state index in [1.807, 2.05) is 24.3 Å². The predicted molar refractivity (Wildman–Crippen MR) is 116 cm³/mol. The number of rotatable bonds is 5. The largest absolute Gasteiger partial charge is 0.325 e. The molecule has 1 saturated carbocycles. The Morgan fingerprint density at radius 1 is 0.933 bits per heavy atom. The van der Waals surface area contributed by atoms with Crippen LogP contribution in [-0.2, 0) is 31.8 Å². The Balaban J connectivity index is 1.42. The molecular formula is C25H28N2O3. The summed E-state index contributed by atoms with van der Waals surface area (Å²) in [5.74, 6) is -0.222. The minimum absolute atomic E-state index is 0.0173. The van der Waals surface area contributed by atoms with Gasteiger partial charge in [-0.05, 0) is 47.1 Å². The van der Waals surface area contributed by atoms with Gasteiger partial charge in [-0.15, -0.1) is 0 Å². The summed E-state index contributed by atoms with van der Waals surface area (Å²) in [5.41, 5.74) is 3.56. The van der Waals surface area contributed by atoms with Crippen molar-refractivity contribution in [2.45, 2.75) is 63.8 Å². The Labute approximate surface area is 177 Å². The molecule has 2 aromatic carbocycles. The molecule has 0 spiro atoms. The van der Waals surface area contributed by atoms with Crippen molar-refractivity contribution in [2.24, 2.45) is 0 Å². The summed E-state index contributed by atoms with van der Waals surface area (Å²) in [6, 6.07) is 15.8. The second-order valence-corrected chi connectivity index (χ2v) is 9.43. The van der Waals surface area contributed by atoms with Crippen LogP contribution in [0.5, 0.6) is 0 Å². The monoisotopic (exact) mass is 404 g/mol. The summed E-state index contributed by atoms with van der Waals surface area (Å²) in [7, 11) is 0. The molecule has 0 radical (unpaired) electrons. The Morgan fingerprint density at radius 2 is 1.50 bits per heavy atom. The lowest BCUT2D eigenvalue weighted by atomic mass is 9.85. The van der Waals surface area contributed by atoms with Crippen LogP contribution in [0.25, 0.3) is 0 Å². The van der Waals surface area contributed by atoms with E-state index in [0.29, 0.717) is 12.8 Å². The lowest BCUT2D eigenvalue weighted by Gasteiger charge is -2.21. The summed E-state index contributed by atoms with van der Waals surface area (Å²) in [6.45, 7) is 6.83. The summed E-state index contributed by atoms with van der Waals surface area (Å²) in [5, 5.41) is 3.04. The highest BCUT2D eigenvalue weighted by molar-refractivity contribution is 6.02. The quantitative estimate of drug-likeness (QED) is 0.756. The van der Waals surface area contributed by atoms with Crippen LogP contribution in [-0.4, -0.2) is 22.6 Å². The van der Waals surface area contributed by atoms with Crippen LogP contribution in [0.4, 0.5) is 5.69 Å². The molecule has 1 heterocycles. The number of carbonyl (C=O) groups is 3. The number of imide groups is 1. The third-order valence-electron chi connectivity index (χ3n) is 6.20. The molecule has 1 aliphatic carbocycles. The molecule has 1 N–H and O–H groups in total. The van der Waals surface area contributed by atoms with E-state index in [-0.39, 0.29) is 29.7 Å². The zero-order valence-corrected chi connectivity index (χ0v) is 17.8. The van der Waals surface area contributed by atoms with Crippen LogP contribution in [0.15, 0.2) is 48.5 Å². The van der Waals surface area contributed by atoms with Crippen LogP contribution in [0.2, 0.25) is 0 Å². The average Bonchev–Trinajstić information content (AvgIpc) is 3.47. The molecule has 0 atom stereocenters. The third kappa shape index (κ3) is 3.89. The van der Waals surface area contributed by atoms with Crippen LogP contribution in [0, 0.1) is 0 Å². The number of anilines is 1. The number of nitrogens with one attached hydrogen (secondary N) is 1. The van der Waals surface area contributed by atoms with Crippen LogP contribution in [0.3, 0.4) is 0 Å². The standard InChI is InChI=1S/C25H28N2O3/c1-24(2,3)18-6-8-19(9-7-18)25(14-15-25)23(30)26-20-10-4-17(5-11-20)16-27-21(28)12-13-22(27)29/h4-11H,12-16H2,1-3H3,(H,26,30). The Morgan fingerprint density at radius 3 is 2.00 bits per heavy atom. The molecule has 0 aromatic heterocycles. The van der Waals surface area contributed by atoms with Gasteiger partial charge in [0.1, 0.15) is 0 Å². The van der Waals surface area contributed by atoms with E-state index in [9.17, 15) is 14.4 Å². The molecule has 30 heavy (non-hydrogen) atoms. The van der Waals surface area contributed by atoms with Crippen molar-refractivity contribution in [3.63, 3.8) is 0 Å². The average molecular weight is 405 g/mol. The highest BCUT2D eigenvalue weighted by Gasteiger charge is 2.51. The van der Waals surface area contributed by atoms with Gasteiger partial charge in [0.05, 0.1) is 12.0 Å². The Bertz CT molecular complexity index is 965. The van der Waals surface area contributed by atoms with Crippen molar-refractivity contribution < 1.29 is 14.4 Å². The van der Waals surface area contributed by atoms with E-state index in [0.717, 1.165) is 29.7 Å². The topological polar surface area (TPSA) is 66.5 Å². The lowest BCUT2D eigenvalue weighted by Crippen LogP contribution is -2.28. The van der Waals surface area contributed by atoms with E-state index in [1.54, 1.807) is 0 Å². The molecule has 4 rings (SSSR count). The maximum Gasteiger partial charge on any atom is 0.235 e. The number of hydrogen-bond donors (Lipinski definition) is 1. The third-order valence-corrected chi connectivity index (χ3v) is 6.20. The second kappa shape index (κ2) is 7.38. The maximum absolute atomic E-state index is 13.0. The molecule has 2 aliphatic rings. The maximum atomic E-state index is 13.0. The normalized spacial score (nSPS) is 17.9. The van der Waals surface area contributed by atoms with Gasteiger partial charge < -0.3 is 5.32 Å². The molecular weight excluding hydrogens is 376 g/mol. The first kappa shape index (κ1) is 20.3. The van der Waals surface area contributed by atoms with Gasteiger partial charge in [0, 0.05) is 18.5 Å². The van der Waals surface area contributed by atoms with Crippen molar-refractivity contribution in [2.75, 3.05) is 5.32 Å². The fraction of sp³-hybridized carbons (Fsp3) is 0.400. The smallest absolute Gasteiger partial charge is 0.235 e. The van der Waals surface area contributed by atoms with Crippen LogP contribution >= 0.6 is 0 Å². The predicted octanol–water partition coefficient (Wildman–Crippen LogP) is 4.30. The van der Waals surface area contributed by atoms with Gasteiger partial charge in [0.2, 0.25) is 17.7 Å². The molecule has 1 aliphatic heterocycles. The zero-order valence-electron chi connectivity index (χ0n) is 17.8. The van der Waals surface area contributed by atoms with E-state index in [1.165, 1.54) is 10.5 Å². The minimum atomic E-state index is -0.441. The molecule has 0 unspecified atom stereocenters. The number of benzene rings is 2. The van der Waals surface area contributed by atoms with E-state index < -0.39 is 5.41 Å². The lowest BCUT2D eigenvalue weighted by molar-refractivity contribution is -0.139. The van der Waals surface area contributed by atoms with Gasteiger partial charge >= 0.3 is 0 Å². The molecule has 0 bridgehead atoms. The van der Waals surface area contributed by atoms with Crippen molar-refractivity contribution in [1.82, 2.24) is 4.90 Å². The molecule has 156 valence electrons. The Hall–Kier alpha value is -2.95. The number of carbonyl (C=O) groups excluding carboxylic acids is 3. The fourth-order valence-corrected chi connectivity index (χ4v) is 3.99. The van der Waals surface area contributed by atoms with Crippen molar-refractivity contribution in [3.8, 4) is 0 Å². The zero-order chi connectivity index (χ0) is 21.5. The molecule has 2 fully saturated rings. The molecule has 5 nitrogen and oxygen atoms in total. The van der Waals surface area contributed by atoms with Gasteiger partial charge in [0.15, 0.2) is 0 Å². The summed E-state index contributed by atoms with van der Waals surface area (Å²) >= 11 is 0. The number of nitrogens with zero attached hydrogens (tertiary/aromatic N) is 1. The molecule has 2 aromatic rings. The summed E-state index contributed by atoms with van der Waals surface area (Å²) < 4.78 is 0. The first-order chi connectivity index (χ1) is 14.2. The molecule has 1 saturated heterocycles. The molecule has 3 amide bonds. The number of amides is 3. The van der Waals surface area contributed by atoms with Crippen molar-refractivity contribution >= 4 is 23.4 Å². The van der Waals surface area contributed by atoms with Gasteiger partial charge in [-0.3, -0.25) is 19.3 Å². The van der Waals surface area contributed by atoms with Crippen LogP contribution < -0.4 is 5.32 Å². The van der Waals surface area contributed by atoms with E-state index in [2.05, 4.69) is 50.4 Å². The van der Waals surface area contributed by atoms with Crippen molar-refractivity contribution in [3.05, 3.63) is 65.2 Å². The highest BCUT2D eigenvalue weighted by Crippen LogP contribution is 2.49. The summed E-state index contributed by atoms with van der Waals surface area (Å²) in [4.78, 5) is 37.9. The Kier molecular flexibility index (Phi) is 5.00.